The minimum absolute atomic E-state index is 0.0158. The van der Waals surface area contributed by atoms with E-state index in [0.717, 1.165) is 0 Å². The lowest BCUT2D eigenvalue weighted by molar-refractivity contribution is -0.115. The van der Waals surface area contributed by atoms with E-state index >= 15 is 0 Å². The van der Waals surface area contributed by atoms with Gasteiger partial charge in [0.2, 0.25) is 0 Å². The molecule has 0 saturated carbocycles. The van der Waals surface area contributed by atoms with Crippen molar-refractivity contribution in [3.05, 3.63) is 0 Å². The minimum atomic E-state index is -4.63. The van der Waals surface area contributed by atoms with Crippen LogP contribution in [0.5, 0.6) is 0 Å². The summed E-state index contributed by atoms with van der Waals surface area (Å²) >= 11 is 0. The molecule has 0 fully saturated rings. The lowest BCUT2D eigenvalue weighted by Crippen LogP contribution is -2.12. The van der Waals surface area contributed by atoms with Gasteiger partial charge in [0.05, 0.1) is 0 Å². The number of phosphoric ester groups is 1. The first-order valence-electron chi connectivity index (χ1n) is 3.12. The van der Waals surface area contributed by atoms with Crippen LogP contribution in [0.2, 0.25) is 0 Å². The quantitative estimate of drug-likeness (QED) is 0.444. The van der Waals surface area contributed by atoms with E-state index in [1.54, 1.807) is 0 Å². The van der Waals surface area contributed by atoms with Crippen molar-refractivity contribution in [1.29, 1.82) is 0 Å². The van der Waals surface area contributed by atoms with Gasteiger partial charge >= 0.3 is 7.82 Å². The molecule has 0 amide bonds. The lowest BCUT2D eigenvalue weighted by Gasteiger charge is -2.10. The van der Waals surface area contributed by atoms with Crippen LogP contribution in [0.3, 0.4) is 0 Å². The number of aldehydes is 2. The van der Waals surface area contributed by atoms with Crippen LogP contribution in [0.25, 0.3) is 0 Å². The van der Waals surface area contributed by atoms with Gasteiger partial charge in [-0.05, 0) is 6.42 Å². The first-order chi connectivity index (χ1) is 5.49. The zero-order chi connectivity index (χ0) is 9.61. The molecule has 0 bridgehead atoms. The number of hydrogen-bond donors (Lipinski definition) is 2. The second kappa shape index (κ2) is 5.16. The van der Waals surface area contributed by atoms with Gasteiger partial charge in [-0.3, -0.25) is 4.52 Å². The van der Waals surface area contributed by atoms with Crippen LogP contribution in [-0.2, 0) is 18.7 Å². The van der Waals surface area contributed by atoms with E-state index in [1.165, 1.54) is 0 Å². The molecule has 2 N–H and O–H groups in total. The van der Waals surface area contributed by atoms with Crippen molar-refractivity contribution in [3.63, 3.8) is 0 Å². The van der Waals surface area contributed by atoms with Crippen molar-refractivity contribution in [2.45, 2.75) is 18.9 Å². The van der Waals surface area contributed by atoms with E-state index in [4.69, 9.17) is 9.79 Å². The Morgan fingerprint density at radius 3 is 2.33 bits per heavy atom. The topological polar surface area (TPSA) is 101 Å². The maximum Gasteiger partial charge on any atom is 0.470 e. The zero-order valence-electron chi connectivity index (χ0n) is 6.12. The van der Waals surface area contributed by atoms with Gasteiger partial charge in [0.25, 0.3) is 0 Å². The Morgan fingerprint density at radius 2 is 2.00 bits per heavy atom. The third-order valence-electron chi connectivity index (χ3n) is 0.994. The molecule has 7 heteroatoms. The molecular formula is C5H9O6P. The molecule has 0 saturated heterocycles. The third kappa shape index (κ3) is 6.18. The van der Waals surface area contributed by atoms with Crippen molar-refractivity contribution in [2.24, 2.45) is 0 Å². The average molecular weight is 196 g/mol. The summed E-state index contributed by atoms with van der Waals surface area (Å²) in [6, 6.07) is 0. The molecule has 0 aromatic rings. The highest BCUT2D eigenvalue weighted by Crippen LogP contribution is 2.37. The third-order valence-corrected chi connectivity index (χ3v) is 1.54. The predicted molar refractivity (Wildman–Crippen MR) is 38.3 cm³/mol. The molecule has 0 radical (unpaired) electrons. The first kappa shape index (κ1) is 11.4. The van der Waals surface area contributed by atoms with Gasteiger partial charge in [0.15, 0.2) is 0 Å². The standard InChI is InChI=1S/C5H9O6P/c6-3-1-2-5(4-7)11-12(8,9)10/h3-5H,1-2H2,(H2,8,9,10). The first-order valence-corrected chi connectivity index (χ1v) is 4.65. The highest BCUT2D eigenvalue weighted by molar-refractivity contribution is 7.46. The Morgan fingerprint density at radius 1 is 1.42 bits per heavy atom. The molecule has 0 spiro atoms. The molecule has 1 atom stereocenters. The van der Waals surface area contributed by atoms with Gasteiger partial charge in [-0.25, -0.2) is 4.57 Å². The second-order valence-corrected chi connectivity index (χ2v) is 3.21. The van der Waals surface area contributed by atoms with Crippen LogP contribution in [0.4, 0.5) is 0 Å². The van der Waals surface area contributed by atoms with E-state index in [2.05, 4.69) is 4.52 Å². The highest BCUT2D eigenvalue weighted by atomic mass is 31.2. The van der Waals surface area contributed by atoms with Crippen LogP contribution in [0, 0.1) is 0 Å². The zero-order valence-corrected chi connectivity index (χ0v) is 7.02. The number of phosphoric acid groups is 1. The molecule has 0 aromatic carbocycles. The Bertz CT molecular complexity index is 196. The molecule has 0 aliphatic rings. The molecule has 1 unspecified atom stereocenters. The second-order valence-electron chi connectivity index (χ2n) is 2.01. The van der Waals surface area contributed by atoms with Crippen molar-refractivity contribution in [2.75, 3.05) is 0 Å². The fraction of sp³-hybridized carbons (Fsp3) is 0.600. The van der Waals surface area contributed by atoms with Gasteiger partial charge < -0.3 is 19.4 Å². The van der Waals surface area contributed by atoms with E-state index < -0.39 is 13.9 Å². The van der Waals surface area contributed by atoms with E-state index in [9.17, 15) is 14.2 Å². The normalized spacial score (nSPS) is 13.8. The highest BCUT2D eigenvalue weighted by Gasteiger charge is 2.20. The maximum absolute atomic E-state index is 10.2. The van der Waals surface area contributed by atoms with Crippen LogP contribution in [0.15, 0.2) is 0 Å². The summed E-state index contributed by atoms with van der Waals surface area (Å²) in [5, 5.41) is 0. The monoisotopic (exact) mass is 196 g/mol. The molecule has 12 heavy (non-hydrogen) atoms. The molecular weight excluding hydrogens is 187 g/mol. The van der Waals surface area contributed by atoms with E-state index in [-0.39, 0.29) is 19.1 Å². The van der Waals surface area contributed by atoms with Crippen molar-refractivity contribution < 1.29 is 28.5 Å². The van der Waals surface area contributed by atoms with Crippen molar-refractivity contribution in [3.8, 4) is 0 Å². The molecule has 0 aliphatic carbocycles. The number of carbonyl (C=O) groups is 2. The summed E-state index contributed by atoms with van der Waals surface area (Å²) in [5.41, 5.74) is 0. The van der Waals surface area contributed by atoms with Crippen LogP contribution >= 0.6 is 7.82 Å². The van der Waals surface area contributed by atoms with Crippen LogP contribution in [0.1, 0.15) is 12.8 Å². The van der Waals surface area contributed by atoms with Crippen molar-refractivity contribution >= 4 is 20.4 Å². The fourth-order valence-electron chi connectivity index (χ4n) is 0.554. The van der Waals surface area contributed by atoms with Crippen molar-refractivity contribution in [1.82, 2.24) is 0 Å². The summed E-state index contributed by atoms with van der Waals surface area (Å²) in [4.78, 5) is 36.5. The van der Waals surface area contributed by atoms with Crippen LogP contribution < -0.4 is 0 Å². The van der Waals surface area contributed by atoms with E-state index in [1.807, 2.05) is 0 Å². The number of hydrogen-bond acceptors (Lipinski definition) is 4. The lowest BCUT2D eigenvalue weighted by atomic mass is 10.2. The molecule has 0 rings (SSSR count). The summed E-state index contributed by atoms with van der Waals surface area (Å²) < 4.78 is 14.2. The fourth-order valence-corrected chi connectivity index (χ4v) is 1.06. The van der Waals surface area contributed by atoms with Gasteiger partial charge in [-0.1, -0.05) is 0 Å². The van der Waals surface area contributed by atoms with Gasteiger partial charge in [-0.2, -0.15) is 0 Å². The number of rotatable bonds is 6. The summed E-state index contributed by atoms with van der Waals surface area (Å²) in [6.07, 6.45) is -0.403. The summed E-state index contributed by atoms with van der Waals surface area (Å²) in [5.74, 6) is 0. The Labute approximate surface area is 68.8 Å². The number of carbonyl (C=O) groups excluding carboxylic acids is 2. The maximum atomic E-state index is 10.2. The minimum Gasteiger partial charge on any atom is -0.303 e. The Kier molecular flexibility index (Phi) is 4.92. The molecule has 70 valence electrons. The molecule has 0 aliphatic heterocycles. The molecule has 0 aromatic heterocycles. The summed E-state index contributed by atoms with van der Waals surface area (Å²) in [6.45, 7) is 0. The van der Waals surface area contributed by atoms with E-state index in [0.29, 0.717) is 6.29 Å². The largest absolute Gasteiger partial charge is 0.470 e. The Balaban J connectivity index is 3.91. The SMILES string of the molecule is O=CCCC(C=O)OP(=O)(O)O. The van der Waals surface area contributed by atoms with Crippen LogP contribution in [-0.4, -0.2) is 28.5 Å². The van der Waals surface area contributed by atoms with Gasteiger partial charge in [-0.15, -0.1) is 0 Å². The Hall–Kier alpha value is -0.550. The predicted octanol–water partition coefficient (Wildman–Crippen LogP) is -0.358. The van der Waals surface area contributed by atoms with Gasteiger partial charge in [0.1, 0.15) is 18.7 Å². The molecule has 0 heterocycles. The average Bonchev–Trinajstić information content (AvgIpc) is 1.95. The smallest absolute Gasteiger partial charge is 0.303 e. The summed E-state index contributed by atoms with van der Waals surface area (Å²) in [7, 11) is -4.63. The molecule has 6 nitrogen and oxygen atoms in total. The van der Waals surface area contributed by atoms with Gasteiger partial charge in [0, 0.05) is 6.42 Å².